The second-order valence-corrected chi connectivity index (χ2v) is 6.59. The summed E-state index contributed by atoms with van der Waals surface area (Å²) in [7, 11) is 0. The maximum absolute atomic E-state index is 14.0. The third kappa shape index (κ3) is 4.36. The third-order valence-corrected chi connectivity index (χ3v) is 4.60. The van der Waals surface area contributed by atoms with Crippen LogP contribution in [0.25, 0.3) is 0 Å². The smallest absolute Gasteiger partial charge is 0.263 e. The molecule has 0 aliphatic carbocycles. The number of halogens is 1. The van der Waals surface area contributed by atoms with Crippen molar-refractivity contribution >= 4 is 11.6 Å². The zero-order chi connectivity index (χ0) is 19.9. The highest BCUT2D eigenvalue weighted by Crippen LogP contribution is 2.17. The Morgan fingerprint density at radius 2 is 1.71 bits per heavy atom. The van der Waals surface area contributed by atoms with Crippen molar-refractivity contribution in [3.8, 4) is 0 Å². The van der Waals surface area contributed by atoms with Crippen molar-refractivity contribution in [1.29, 1.82) is 0 Å². The number of nitrogens with zero attached hydrogens (tertiary/aromatic N) is 2. The van der Waals surface area contributed by atoms with Crippen LogP contribution in [0, 0.1) is 5.82 Å². The quantitative estimate of drug-likeness (QED) is 0.608. The average molecular weight is 378 g/mol. The minimum absolute atomic E-state index is 0.0763. The molecule has 0 fully saturated rings. The van der Waals surface area contributed by atoms with Gasteiger partial charge in [0.2, 0.25) is 0 Å². The van der Waals surface area contributed by atoms with Gasteiger partial charge in [-0.05, 0) is 36.8 Å². The Bertz CT molecular complexity index is 999. The van der Waals surface area contributed by atoms with E-state index in [1.807, 2.05) is 30.3 Å². The van der Waals surface area contributed by atoms with E-state index in [1.165, 1.54) is 16.7 Å². The number of carbonyl (C=O) groups is 1. The maximum atomic E-state index is 14.0. The van der Waals surface area contributed by atoms with Gasteiger partial charge in [-0.2, -0.15) is 0 Å². The number of hydrogen-bond acceptors (Lipinski definition) is 2. The SMILES string of the molecule is CCCCN(C(=O)c1cccn(Cc2ccccc2F)c1=O)c1ccccc1. The van der Waals surface area contributed by atoms with Gasteiger partial charge in [-0.15, -0.1) is 0 Å². The predicted molar refractivity (Wildman–Crippen MR) is 109 cm³/mol. The number of para-hydroxylation sites is 1. The van der Waals surface area contributed by atoms with Crippen LogP contribution in [0.5, 0.6) is 0 Å². The van der Waals surface area contributed by atoms with E-state index in [0.717, 1.165) is 18.5 Å². The molecule has 1 amide bonds. The summed E-state index contributed by atoms with van der Waals surface area (Å²) in [5.74, 6) is -0.715. The Kier molecular flexibility index (Phi) is 6.37. The highest BCUT2D eigenvalue weighted by molar-refractivity contribution is 6.05. The Balaban J connectivity index is 1.94. The van der Waals surface area contributed by atoms with E-state index in [1.54, 1.807) is 35.4 Å². The number of hydrogen-bond donors (Lipinski definition) is 0. The Morgan fingerprint density at radius 1 is 1.00 bits per heavy atom. The molecule has 0 radical (unpaired) electrons. The van der Waals surface area contributed by atoms with Crippen LogP contribution in [0.3, 0.4) is 0 Å². The van der Waals surface area contributed by atoms with Gasteiger partial charge in [0.15, 0.2) is 0 Å². The molecule has 0 unspecified atom stereocenters. The summed E-state index contributed by atoms with van der Waals surface area (Å²) < 4.78 is 15.3. The minimum Gasteiger partial charge on any atom is -0.310 e. The topological polar surface area (TPSA) is 42.3 Å². The van der Waals surface area contributed by atoms with Crippen LogP contribution in [0.15, 0.2) is 77.7 Å². The first-order valence-corrected chi connectivity index (χ1v) is 9.41. The zero-order valence-corrected chi connectivity index (χ0v) is 15.8. The van der Waals surface area contributed by atoms with Crippen molar-refractivity contribution in [1.82, 2.24) is 4.57 Å². The van der Waals surface area contributed by atoms with Crippen LogP contribution in [-0.4, -0.2) is 17.0 Å². The lowest BCUT2D eigenvalue weighted by Crippen LogP contribution is -2.37. The fourth-order valence-electron chi connectivity index (χ4n) is 3.05. The van der Waals surface area contributed by atoms with Crippen molar-refractivity contribution in [2.75, 3.05) is 11.4 Å². The second-order valence-electron chi connectivity index (χ2n) is 6.59. The highest BCUT2D eigenvalue weighted by Gasteiger charge is 2.21. The molecule has 3 aromatic rings. The Labute approximate surface area is 163 Å². The molecule has 1 heterocycles. The van der Waals surface area contributed by atoms with Crippen molar-refractivity contribution in [2.24, 2.45) is 0 Å². The summed E-state index contributed by atoms with van der Waals surface area (Å²) in [6.45, 7) is 2.66. The number of pyridine rings is 1. The Morgan fingerprint density at radius 3 is 2.43 bits per heavy atom. The number of benzene rings is 2. The van der Waals surface area contributed by atoms with Gasteiger partial charge in [0, 0.05) is 24.0 Å². The van der Waals surface area contributed by atoms with E-state index in [0.29, 0.717) is 12.1 Å². The maximum Gasteiger partial charge on any atom is 0.263 e. The van der Waals surface area contributed by atoms with Gasteiger partial charge in [0.1, 0.15) is 11.4 Å². The van der Waals surface area contributed by atoms with Crippen molar-refractivity contribution < 1.29 is 9.18 Å². The zero-order valence-electron chi connectivity index (χ0n) is 15.8. The molecule has 0 bridgehead atoms. The number of unbranched alkanes of at least 4 members (excludes halogenated alkanes) is 1. The van der Waals surface area contributed by atoms with E-state index in [4.69, 9.17) is 0 Å². The summed E-state index contributed by atoms with van der Waals surface area (Å²) >= 11 is 0. The van der Waals surface area contributed by atoms with Crippen LogP contribution in [0.1, 0.15) is 35.7 Å². The van der Waals surface area contributed by atoms with Crippen molar-refractivity contribution in [3.63, 3.8) is 0 Å². The standard InChI is InChI=1S/C23H23FN2O2/c1-2-3-16-26(19-11-5-4-6-12-19)23(28)20-13-9-15-25(22(20)27)17-18-10-7-8-14-21(18)24/h4-15H,2-3,16-17H2,1H3. The molecule has 0 saturated carbocycles. The summed E-state index contributed by atoms with van der Waals surface area (Å²) in [6, 6.07) is 18.8. The lowest BCUT2D eigenvalue weighted by atomic mass is 10.1. The lowest BCUT2D eigenvalue weighted by Gasteiger charge is -2.23. The average Bonchev–Trinajstić information content (AvgIpc) is 2.72. The van der Waals surface area contributed by atoms with Crippen molar-refractivity contribution in [3.05, 3.63) is 100 Å². The molecule has 28 heavy (non-hydrogen) atoms. The van der Waals surface area contributed by atoms with Crippen LogP contribution in [0.4, 0.5) is 10.1 Å². The van der Waals surface area contributed by atoms with Gasteiger partial charge < -0.3 is 9.47 Å². The van der Waals surface area contributed by atoms with Gasteiger partial charge >= 0.3 is 0 Å². The molecule has 0 spiro atoms. The molecule has 1 aromatic heterocycles. The molecule has 0 saturated heterocycles. The highest BCUT2D eigenvalue weighted by atomic mass is 19.1. The van der Waals surface area contributed by atoms with Crippen molar-refractivity contribution in [2.45, 2.75) is 26.3 Å². The molecule has 0 atom stereocenters. The van der Waals surface area contributed by atoms with Crippen LogP contribution in [-0.2, 0) is 6.54 Å². The van der Waals surface area contributed by atoms with Gasteiger partial charge in [0.05, 0.1) is 6.54 Å². The van der Waals surface area contributed by atoms with E-state index in [-0.39, 0.29) is 23.8 Å². The number of amides is 1. The first-order chi connectivity index (χ1) is 13.6. The summed E-state index contributed by atoms with van der Waals surface area (Å²) in [5, 5.41) is 0. The Hall–Kier alpha value is -3.21. The normalized spacial score (nSPS) is 10.6. The molecule has 144 valence electrons. The largest absolute Gasteiger partial charge is 0.310 e. The number of rotatable bonds is 7. The molecule has 4 nitrogen and oxygen atoms in total. The molecular formula is C23H23FN2O2. The van der Waals surface area contributed by atoms with Gasteiger partial charge in [0.25, 0.3) is 11.5 Å². The molecule has 0 aliphatic rings. The summed E-state index contributed by atoms with van der Waals surface area (Å²) in [6.07, 6.45) is 3.34. The second kappa shape index (κ2) is 9.13. The number of anilines is 1. The lowest BCUT2D eigenvalue weighted by molar-refractivity contribution is 0.0984. The number of carbonyl (C=O) groups excluding carboxylic acids is 1. The van der Waals surface area contributed by atoms with Crippen LogP contribution in [0.2, 0.25) is 0 Å². The molecule has 0 N–H and O–H groups in total. The van der Waals surface area contributed by atoms with Crippen LogP contribution < -0.4 is 10.5 Å². The summed E-state index contributed by atoms with van der Waals surface area (Å²) in [4.78, 5) is 27.7. The monoisotopic (exact) mass is 378 g/mol. The summed E-state index contributed by atoms with van der Waals surface area (Å²) in [5.41, 5.74) is 0.817. The first-order valence-electron chi connectivity index (χ1n) is 9.41. The molecular weight excluding hydrogens is 355 g/mol. The van der Waals surface area contributed by atoms with E-state index < -0.39 is 5.56 Å². The minimum atomic E-state index is -0.423. The molecule has 5 heteroatoms. The van der Waals surface area contributed by atoms with Gasteiger partial charge in [-0.3, -0.25) is 9.59 Å². The van der Waals surface area contributed by atoms with Gasteiger partial charge in [-0.25, -0.2) is 4.39 Å². The third-order valence-electron chi connectivity index (χ3n) is 4.60. The molecule has 2 aromatic carbocycles. The van der Waals surface area contributed by atoms with E-state index in [9.17, 15) is 14.0 Å². The van der Waals surface area contributed by atoms with Gasteiger partial charge in [-0.1, -0.05) is 49.7 Å². The predicted octanol–water partition coefficient (Wildman–Crippen LogP) is 4.48. The fraction of sp³-hybridized carbons (Fsp3) is 0.217. The van der Waals surface area contributed by atoms with E-state index >= 15 is 0 Å². The van der Waals surface area contributed by atoms with Crippen LogP contribution >= 0.6 is 0 Å². The molecule has 3 rings (SSSR count). The first kappa shape index (κ1) is 19.5. The molecule has 0 aliphatic heterocycles. The number of aromatic nitrogens is 1. The van der Waals surface area contributed by atoms with E-state index in [2.05, 4.69) is 6.92 Å². The fourth-order valence-corrected chi connectivity index (χ4v) is 3.05.